The quantitative estimate of drug-likeness (QED) is 0.429. The highest BCUT2D eigenvalue weighted by molar-refractivity contribution is 6.17. The number of hydrogen-bond donors (Lipinski definition) is 0. The van der Waals surface area contributed by atoms with Crippen LogP contribution in [0.5, 0.6) is 0 Å². The first-order valence-corrected chi connectivity index (χ1v) is 7.09. The molecule has 98 valence electrons. The van der Waals surface area contributed by atoms with Crippen molar-refractivity contribution in [3.8, 4) is 11.3 Å². The third-order valence-corrected chi connectivity index (χ3v) is 4.22. The number of fused-ring (bicyclic) bond motifs is 3. The van der Waals surface area contributed by atoms with E-state index >= 15 is 0 Å². The molecule has 3 heterocycles. The minimum Gasteiger partial charge on any atom is -0.315 e. The first kappa shape index (κ1) is 10.9. The molecule has 0 saturated carbocycles. The molecule has 0 saturated heterocycles. The van der Waals surface area contributed by atoms with Gasteiger partial charge in [0.15, 0.2) is 0 Å². The number of aromatic nitrogens is 2. The lowest BCUT2D eigenvalue weighted by atomic mass is 10.1. The van der Waals surface area contributed by atoms with Crippen LogP contribution in [0.1, 0.15) is 0 Å². The summed E-state index contributed by atoms with van der Waals surface area (Å²) in [6.45, 7) is 0. The van der Waals surface area contributed by atoms with Gasteiger partial charge in [-0.2, -0.15) is 0 Å². The molecule has 0 aliphatic heterocycles. The van der Waals surface area contributed by atoms with E-state index in [1.54, 1.807) is 0 Å². The van der Waals surface area contributed by atoms with Gasteiger partial charge < -0.3 is 4.40 Å². The van der Waals surface area contributed by atoms with E-state index in [-0.39, 0.29) is 0 Å². The van der Waals surface area contributed by atoms with Gasteiger partial charge in [0, 0.05) is 34.1 Å². The summed E-state index contributed by atoms with van der Waals surface area (Å²) < 4.78 is 2.30. The Kier molecular flexibility index (Phi) is 1.98. The number of nitrogens with zero attached hydrogens (tertiary/aromatic N) is 2. The average Bonchev–Trinajstić information content (AvgIpc) is 3.09. The molecule has 3 aromatic heterocycles. The maximum Gasteiger partial charge on any atom is 0.0723 e. The minimum absolute atomic E-state index is 1.03. The van der Waals surface area contributed by atoms with Gasteiger partial charge in [0.1, 0.15) is 0 Å². The monoisotopic (exact) mass is 268 g/mol. The molecular weight excluding hydrogens is 256 g/mol. The van der Waals surface area contributed by atoms with Crippen LogP contribution in [-0.4, -0.2) is 9.38 Å². The van der Waals surface area contributed by atoms with E-state index in [2.05, 4.69) is 64.1 Å². The number of rotatable bonds is 1. The van der Waals surface area contributed by atoms with Crippen molar-refractivity contribution in [2.75, 3.05) is 0 Å². The fourth-order valence-corrected chi connectivity index (χ4v) is 3.33. The lowest BCUT2D eigenvalue weighted by Crippen LogP contribution is -1.80. The fourth-order valence-electron chi connectivity index (χ4n) is 3.33. The Bertz CT molecular complexity index is 1070. The summed E-state index contributed by atoms with van der Waals surface area (Å²) in [5.74, 6) is 0. The molecule has 2 aromatic carbocycles. The van der Waals surface area contributed by atoms with Gasteiger partial charge in [-0.1, -0.05) is 42.5 Å². The van der Waals surface area contributed by atoms with Gasteiger partial charge >= 0.3 is 0 Å². The van der Waals surface area contributed by atoms with Crippen LogP contribution >= 0.6 is 0 Å². The Hall–Kier alpha value is -2.87. The van der Waals surface area contributed by atoms with Crippen LogP contribution in [0.3, 0.4) is 0 Å². The summed E-state index contributed by atoms with van der Waals surface area (Å²) in [4.78, 5) is 4.51. The Labute approximate surface area is 121 Å². The maximum atomic E-state index is 4.51. The van der Waals surface area contributed by atoms with Gasteiger partial charge in [-0.15, -0.1) is 0 Å². The van der Waals surface area contributed by atoms with Crippen LogP contribution in [0.4, 0.5) is 0 Å². The van der Waals surface area contributed by atoms with E-state index in [0.29, 0.717) is 0 Å². The molecular formula is C19H12N2. The van der Waals surface area contributed by atoms with Crippen LogP contribution in [0.2, 0.25) is 0 Å². The number of hydrogen-bond acceptors (Lipinski definition) is 1. The second kappa shape index (κ2) is 3.83. The van der Waals surface area contributed by atoms with E-state index in [1.807, 2.05) is 18.3 Å². The van der Waals surface area contributed by atoms with Crippen LogP contribution in [0.15, 0.2) is 73.1 Å². The van der Waals surface area contributed by atoms with Gasteiger partial charge in [-0.3, -0.25) is 4.98 Å². The fraction of sp³-hybridized carbons (Fsp3) is 0. The van der Waals surface area contributed by atoms with Gasteiger partial charge in [0.05, 0.1) is 16.7 Å². The molecule has 0 aliphatic carbocycles. The smallest absolute Gasteiger partial charge is 0.0723 e. The summed E-state index contributed by atoms with van der Waals surface area (Å²) >= 11 is 0. The van der Waals surface area contributed by atoms with Crippen molar-refractivity contribution in [2.24, 2.45) is 0 Å². The predicted octanol–water partition coefficient (Wildman–Crippen LogP) is 4.75. The van der Waals surface area contributed by atoms with Crippen LogP contribution in [0, 0.1) is 0 Å². The van der Waals surface area contributed by atoms with Crippen molar-refractivity contribution >= 4 is 27.2 Å². The van der Waals surface area contributed by atoms with Crippen molar-refractivity contribution in [2.45, 2.75) is 0 Å². The normalized spacial score (nSPS) is 11.8. The van der Waals surface area contributed by atoms with Gasteiger partial charge in [0.25, 0.3) is 0 Å². The van der Waals surface area contributed by atoms with E-state index in [0.717, 1.165) is 5.69 Å². The van der Waals surface area contributed by atoms with Crippen molar-refractivity contribution < 1.29 is 0 Å². The second-order valence-corrected chi connectivity index (χ2v) is 5.35. The standard InChI is InChI=1S/C19H12N2/c1-2-10-18-13(6-1)14-7-5-8-15-16(12-21(18)19(14)15)17-9-3-4-11-20-17/h1-12H. The van der Waals surface area contributed by atoms with Gasteiger partial charge in [-0.05, 0) is 18.2 Å². The van der Waals surface area contributed by atoms with E-state index in [9.17, 15) is 0 Å². The molecule has 0 N–H and O–H groups in total. The molecule has 0 radical (unpaired) electrons. The Morgan fingerprint density at radius 3 is 2.43 bits per heavy atom. The first-order valence-electron chi connectivity index (χ1n) is 7.09. The molecule has 5 rings (SSSR count). The third kappa shape index (κ3) is 1.34. The average molecular weight is 268 g/mol. The molecule has 2 nitrogen and oxygen atoms in total. The second-order valence-electron chi connectivity index (χ2n) is 5.35. The molecule has 0 spiro atoms. The largest absolute Gasteiger partial charge is 0.315 e. The summed E-state index contributed by atoms with van der Waals surface area (Å²) in [6.07, 6.45) is 4.06. The predicted molar refractivity (Wildman–Crippen MR) is 86.8 cm³/mol. The Balaban J connectivity index is 2.02. The molecule has 5 aromatic rings. The molecule has 0 unspecified atom stereocenters. The molecule has 21 heavy (non-hydrogen) atoms. The maximum absolute atomic E-state index is 4.51. The first-order chi connectivity index (χ1) is 10.4. The van der Waals surface area contributed by atoms with Gasteiger partial charge in [-0.25, -0.2) is 0 Å². The molecule has 0 bridgehead atoms. The number of benzene rings is 2. The van der Waals surface area contributed by atoms with Crippen molar-refractivity contribution in [3.63, 3.8) is 0 Å². The minimum atomic E-state index is 1.03. The van der Waals surface area contributed by atoms with Crippen molar-refractivity contribution in [3.05, 3.63) is 73.1 Å². The highest BCUT2D eigenvalue weighted by atomic mass is 14.9. The molecule has 0 amide bonds. The van der Waals surface area contributed by atoms with E-state index in [4.69, 9.17) is 0 Å². The van der Waals surface area contributed by atoms with Crippen molar-refractivity contribution in [1.82, 2.24) is 9.38 Å². The zero-order valence-electron chi connectivity index (χ0n) is 11.3. The highest BCUT2D eigenvalue weighted by Gasteiger charge is 2.16. The molecule has 0 fully saturated rings. The highest BCUT2D eigenvalue weighted by Crippen LogP contribution is 2.37. The summed E-state index contributed by atoms with van der Waals surface area (Å²) in [5.41, 5.74) is 4.77. The number of pyridine rings is 1. The Morgan fingerprint density at radius 2 is 1.52 bits per heavy atom. The zero-order chi connectivity index (χ0) is 13.8. The van der Waals surface area contributed by atoms with Crippen LogP contribution in [-0.2, 0) is 0 Å². The summed E-state index contributed by atoms with van der Waals surface area (Å²) in [6, 6.07) is 21.1. The number of para-hydroxylation sites is 2. The van der Waals surface area contributed by atoms with Gasteiger partial charge in [0.2, 0.25) is 0 Å². The lowest BCUT2D eigenvalue weighted by molar-refractivity contribution is 1.28. The topological polar surface area (TPSA) is 17.3 Å². The van der Waals surface area contributed by atoms with Crippen molar-refractivity contribution in [1.29, 1.82) is 0 Å². The summed E-state index contributed by atoms with van der Waals surface area (Å²) in [5, 5.41) is 3.89. The van der Waals surface area contributed by atoms with Crippen LogP contribution < -0.4 is 0 Å². The van der Waals surface area contributed by atoms with E-state index in [1.165, 1.54) is 32.8 Å². The zero-order valence-corrected chi connectivity index (χ0v) is 11.3. The molecule has 0 atom stereocenters. The lowest BCUT2D eigenvalue weighted by Gasteiger charge is -1.98. The molecule has 0 aliphatic rings. The molecule has 2 heteroatoms. The Morgan fingerprint density at radius 1 is 0.714 bits per heavy atom. The summed E-state index contributed by atoms with van der Waals surface area (Å²) in [7, 11) is 0. The third-order valence-electron chi connectivity index (χ3n) is 4.22. The van der Waals surface area contributed by atoms with Crippen LogP contribution in [0.25, 0.3) is 38.4 Å². The van der Waals surface area contributed by atoms with E-state index < -0.39 is 0 Å². The SMILES string of the molecule is c1ccc(-c2cn3c4ccccc4c4cccc2c43)nc1.